The van der Waals surface area contributed by atoms with Gasteiger partial charge in [0.1, 0.15) is 10.4 Å². The summed E-state index contributed by atoms with van der Waals surface area (Å²) >= 11 is 3.45. The van der Waals surface area contributed by atoms with E-state index in [4.69, 9.17) is 4.74 Å². The van der Waals surface area contributed by atoms with Gasteiger partial charge >= 0.3 is 0 Å². The Morgan fingerprint density at radius 2 is 1.80 bits per heavy atom. The molecule has 1 aromatic heterocycles. The third-order valence-corrected chi connectivity index (χ3v) is 2.78. The van der Waals surface area contributed by atoms with Gasteiger partial charge in [0.25, 0.3) is 0 Å². The highest BCUT2D eigenvalue weighted by Crippen LogP contribution is 2.34. The SMILES string of the molecule is COc1c(C(C)C)cc(Br)nc1C(C)C. The summed E-state index contributed by atoms with van der Waals surface area (Å²) in [5.41, 5.74) is 2.23. The Morgan fingerprint density at radius 3 is 2.20 bits per heavy atom. The van der Waals surface area contributed by atoms with E-state index in [1.54, 1.807) is 7.11 Å². The zero-order valence-corrected chi connectivity index (χ0v) is 11.6. The standard InChI is InChI=1S/C12H18BrNO/c1-7(2)9-6-10(13)14-11(8(3)4)12(9)15-5/h6-8H,1-5H3. The molecule has 0 spiro atoms. The van der Waals surface area contributed by atoms with E-state index in [2.05, 4.69) is 48.6 Å². The van der Waals surface area contributed by atoms with Crippen LogP contribution in [-0.4, -0.2) is 12.1 Å². The first-order valence-corrected chi connectivity index (χ1v) is 6.01. The molecule has 0 radical (unpaired) electrons. The molecular formula is C12H18BrNO. The van der Waals surface area contributed by atoms with E-state index in [1.165, 1.54) is 5.56 Å². The zero-order chi connectivity index (χ0) is 11.6. The monoisotopic (exact) mass is 271 g/mol. The Morgan fingerprint density at radius 1 is 1.20 bits per heavy atom. The van der Waals surface area contributed by atoms with Crippen LogP contribution in [0.5, 0.6) is 5.75 Å². The maximum Gasteiger partial charge on any atom is 0.144 e. The van der Waals surface area contributed by atoms with Crippen LogP contribution in [0.4, 0.5) is 0 Å². The molecule has 0 aliphatic rings. The van der Waals surface area contributed by atoms with Crippen LogP contribution in [0, 0.1) is 0 Å². The molecule has 84 valence electrons. The lowest BCUT2D eigenvalue weighted by molar-refractivity contribution is 0.396. The highest BCUT2D eigenvalue weighted by molar-refractivity contribution is 9.10. The highest BCUT2D eigenvalue weighted by atomic mass is 79.9. The lowest BCUT2D eigenvalue weighted by Crippen LogP contribution is -2.03. The number of methoxy groups -OCH3 is 1. The number of halogens is 1. The maximum absolute atomic E-state index is 5.47. The molecule has 0 saturated heterocycles. The van der Waals surface area contributed by atoms with Gasteiger partial charge in [-0.3, -0.25) is 0 Å². The molecule has 0 aromatic carbocycles. The number of hydrogen-bond donors (Lipinski definition) is 0. The van der Waals surface area contributed by atoms with Crippen molar-refractivity contribution in [3.8, 4) is 5.75 Å². The van der Waals surface area contributed by atoms with Crippen LogP contribution in [0.2, 0.25) is 0 Å². The largest absolute Gasteiger partial charge is 0.495 e. The highest BCUT2D eigenvalue weighted by Gasteiger charge is 2.17. The third-order valence-electron chi connectivity index (χ3n) is 2.37. The predicted molar refractivity (Wildman–Crippen MR) is 66.7 cm³/mol. The van der Waals surface area contributed by atoms with E-state index < -0.39 is 0 Å². The van der Waals surface area contributed by atoms with Crippen LogP contribution in [0.15, 0.2) is 10.7 Å². The van der Waals surface area contributed by atoms with Crippen molar-refractivity contribution in [2.24, 2.45) is 0 Å². The molecule has 0 atom stereocenters. The fraction of sp³-hybridized carbons (Fsp3) is 0.583. The van der Waals surface area contributed by atoms with Gasteiger partial charge in [0.05, 0.1) is 12.8 Å². The number of hydrogen-bond acceptors (Lipinski definition) is 2. The summed E-state index contributed by atoms with van der Waals surface area (Å²) in [4.78, 5) is 4.48. The molecule has 1 rings (SSSR count). The van der Waals surface area contributed by atoms with Crippen LogP contribution in [-0.2, 0) is 0 Å². The number of rotatable bonds is 3. The number of aromatic nitrogens is 1. The fourth-order valence-electron chi connectivity index (χ4n) is 1.58. The Hall–Kier alpha value is -0.570. The van der Waals surface area contributed by atoms with Gasteiger partial charge < -0.3 is 4.74 Å². The second kappa shape index (κ2) is 4.97. The van der Waals surface area contributed by atoms with Crippen molar-refractivity contribution in [3.05, 3.63) is 21.9 Å². The molecule has 15 heavy (non-hydrogen) atoms. The topological polar surface area (TPSA) is 22.1 Å². The lowest BCUT2D eigenvalue weighted by Gasteiger charge is -2.17. The van der Waals surface area contributed by atoms with Gasteiger partial charge in [0, 0.05) is 5.56 Å². The fourth-order valence-corrected chi connectivity index (χ4v) is 2.02. The van der Waals surface area contributed by atoms with Crippen LogP contribution in [0.3, 0.4) is 0 Å². The molecule has 0 aliphatic carbocycles. The Balaban J connectivity index is 3.38. The molecule has 3 heteroatoms. The molecular weight excluding hydrogens is 254 g/mol. The molecule has 0 unspecified atom stereocenters. The normalized spacial score (nSPS) is 11.2. The zero-order valence-electron chi connectivity index (χ0n) is 9.97. The van der Waals surface area contributed by atoms with Crippen LogP contribution >= 0.6 is 15.9 Å². The minimum Gasteiger partial charge on any atom is -0.495 e. The van der Waals surface area contributed by atoms with Gasteiger partial charge in [-0.1, -0.05) is 27.7 Å². The second-order valence-corrected chi connectivity index (χ2v) is 5.07. The minimum atomic E-state index is 0.370. The Bertz CT molecular complexity index is 318. The molecule has 0 saturated carbocycles. The number of ether oxygens (including phenoxy) is 1. The van der Waals surface area contributed by atoms with E-state index >= 15 is 0 Å². The molecule has 0 N–H and O–H groups in total. The molecule has 1 heterocycles. The maximum atomic E-state index is 5.47. The van der Waals surface area contributed by atoms with Crippen molar-refractivity contribution >= 4 is 15.9 Å². The smallest absolute Gasteiger partial charge is 0.144 e. The minimum absolute atomic E-state index is 0.370. The van der Waals surface area contributed by atoms with Gasteiger partial charge in [0.2, 0.25) is 0 Å². The average molecular weight is 272 g/mol. The third kappa shape index (κ3) is 2.71. The molecule has 0 fully saturated rings. The summed E-state index contributed by atoms with van der Waals surface area (Å²) in [7, 11) is 1.71. The van der Waals surface area contributed by atoms with Crippen molar-refractivity contribution in [1.82, 2.24) is 4.98 Å². The van der Waals surface area contributed by atoms with Crippen molar-refractivity contribution in [1.29, 1.82) is 0 Å². The van der Waals surface area contributed by atoms with Crippen LogP contribution in [0.25, 0.3) is 0 Å². The number of pyridine rings is 1. The van der Waals surface area contributed by atoms with Gasteiger partial charge in [-0.15, -0.1) is 0 Å². The molecule has 1 aromatic rings. The van der Waals surface area contributed by atoms with Gasteiger partial charge in [0.15, 0.2) is 0 Å². The van der Waals surface area contributed by atoms with Crippen molar-refractivity contribution in [2.75, 3.05) is 7.11 Å². The molecule has 0 amide bonds. The Labute approximate surface area is 100 Å². The average Bonchev–Trinajstić information content (AvgIpc) is 2.16. The first-order chi connectivity index (χ1) is 6.97. The van der Waals surface area contributed by atoms with E-state index in [0.29, 0.717) is 11.8 Å². The van der Waals surface area contributed by atoms with Crippen molar-refractivity contribution in [2.45, 2.75) is 39.5 Å². The van der Waals surface area contributed by atoms with Crippen LogP contribution < -0.4 is 4.74 Å². The van der Waals surface area contributed by atoms with E-state index in [-0.39, 0.29) is 0 Å². The molecule has 0 aliphatic heterocycles. The van der Waals surface area contributed by atoms with E-state index in [0.717, 1.165) is 16.0 Å². The van der Waals surface area contributed by atoms with Gasteiger partial charge in [-0.25, -0.2) is 4.98 Å². The quantitative estimate of drug-likeness (QED) is 0.773. The summed E-state index contributed by atoms with van der Waals surface area (Å²) in [6.45, 7) is 8.57. The first kappa shape index (κ1) is 12.5. The summed E-state index contributed by atoms with van der Waals surface area (Å²) in [6.07, 6.45) is 0. The summed E-state index contributed by atoms with van der Waals surface area (Å²) < 4.78 is 6.36. The van der Waals surface area contributed by atoms with E-state index in [9.17, 15) is 0 Å². The first-order valence-electron chi connectivity index (χ1n) is 5.21. The van der Waals surface area contributed by atoms with Crippen molar-refractivity contribution in [3.63, 3.8) is 0 Å². The summed E-state index contributed by atoms with van der Waals surface area (Å²) in [5, 5.41) is 0. The Kier molecular flexibility index (Phi) is 4.14. The van der Waals surface area contributed by atoms with E-state index in [1.807, 2.05) is 6.07 Å². The summed E-state index contributed by atoms with van der Waals surface area (Å²) in [5.74, 6) is 1.75. The predicted octanol–water partition coefficient (Wildman–Crippen LogP) is 4.10. The second-order valence-electron chi connectivity index (χ2n) is 4.26. The summed E-state index contributed by atoms with van der Waals surface area (Å²) in [6, 6.07) is 2.04. The molecule has 0 bridgehead atoms. The van der Waals surface area contributed by atoms with Crippen molar-refractivity contribution < 1.29 is 4.74 Å². The van der Waals surface area contributed by atoms with Gasteiger partial charge in [-0.2, -0.15) is 0 Å². The number of nitrogens with zero attached hydrogens (tertiary/aromatic N) is 1. The van der Waals surface area contributed by atoms with Gasteiger partial charge in [-0.05, 0) is 33.8 Å². The molecule has 2 nitrogen and oxygen atoms in total. The van der Waals surface area contributed by atoms with Crippen LogP contribution in [0.1, 0.15) is 50.8 Å². The lowest BCUT2D eigenvalue weighted by atomic mass is 9.99.